The van der Waals surface area contributed by atoms with Crippen LogP contribution in [0.25, 0.3) is 22.3 Å². The van der Waals surface area contributed by atoms with Gasteiger partial charge in [0.2, 0.25) is 0 Å². The van der Waals surface area contributed by atoms with Gasteiger partial charge >= 0.3 is 0 Å². The molecule has 0 fully saturated rings. The number of hydrogen-bond donors (Lipinski definition) is 0. The summed E-state index contributed by atoms with van der Waals surface area (Å²) in [7, 11) is -3.73. The first-order valence-corrected chi connectivity index (χ1v) is 10.5. The minimum absolute atomic E-state index is 0.178. The van der Waals surface area contributed by atoms with Crippen molar-refractivity contribution in [1.29, 1.82) is 0 Å². The second-order valence-electron chi connectivity index (χ2n) is 6.61. The normalized spacial score (nSPS) is 11.6. The highest BCUT2D eigenvalue weighted by Gasteiger charge is 2.20. The molecule has 0 N–H and O–H groups in total. The molecule has 140 valence electrons. The van der Waals surface area contributed by atoms with Gasteiger partial charge < -0.3 is 0 Å². The summed E-state index contributed by atoms with van der Waals surface area (Å²) in [6.07, 6.45) is 0. The van der Waals surface area contributed by atoms with Crippen LogP contribution in [0.3, 0.4) is 0 Å². The van der Waals surface area contributed by atoms with E-state index in [4.69, 9.17) is 0 Å². The van der Waals surface area contributed by atoms with Crippen molar-refractivity contribution in [2.24, 2.45) is 0 Å². The molecule has 0 atom stereocenters. The number of para-hydroxylation sites is 1. The van der Waals surface area contributed by atoms with Crippen molar-refractivity contribution < 1.29 is 8.42 Å². The molecule has 3 aromatic carbocycles. The molecule has 28 heavy (non-hydrogen) atoms. The fraction of sp³-hybridized carbons (Fsp3) is 0.0909. The quantitative estimate of drug-likeness (QED) is 0.531. The van der Waals surface area contributed by atoms with Gasteiger partial charge in [0.25, 0.3) is 5.56 Å². The van der Waals surface area contributed by atoms with Crippen LogP contribution in [-0.4, -0.2) is 18.0 Å². The molecule has 0 aliphatic carbocycles. The molecule has 0 bridgehead atoms. The number of nitrogens with zero attached hydrogens (tertiary/aromatic N) is 2. The standard InChI is InChI=1S/C22H18N2O3S/c1-16-11-13-18(14-12-16)28(26,27)15-24-21(17-7-3-2-4-8-17)23-20-10-6-5-9-19(20)22(24)25/h2-14H,15H2,1H3. The molecule has 0 saturated carbocycles. The first kappa shape index (κ1) is 18.1. The summed E-state index contributed by atoms with van der Waals surface area (Å²) in [5.74, 6) is -0.142. The number of rotatable bonds is 4. The molecule has 1 heterocycles. The number of aromatic nitrogens is 2. The maximum atomic E-state index is 13.1. The Morgan fingerprint density at radius 2 is 1.50 bits per heavy atom. The second-order valence-corrected chi connectivity index (χ2v) is 8.57. The Hall–Kier alpha value is -3.25. The lowest BCUT2D eigenvalue weighted by Crippen LogP contribution is -2.27. The largest absolute Gasteiger partial charge is 0.277 e. The van der Waals surface area contributed by atoms with Crippen LogP contribution >= 0.6 is 0 Å². The van der Waals surface area contributed by atoms with Gasteiger partial charge in [-0.15, -0.1) is 0 Å². The van der Waals surface area contributed by atoms with E-state index < -0.39 is 15.7 Å². The zero-order chi connectivity index (χ0) is 19.7. The van der Waals surface area contributed by atoms with Crippen molar-refractivity contribution in [2.45, 2.75) is 17.7 Å². The van der Waals surface area contributed by atoms with Crippen molar-refractivity contribution in [3.63, 3.8) is 0 Å². The summed E-state index contributed by atoms with van der Waals surface area (Å²) in [6.45, 7) is 1.89. The topological polar surface area (TPSA) is 69.0 Å². The monoisotopic (exact) mass is 390 g/mol. The Morgan fingerprint density at radius 3 is 2.21 bits per heavy atom. The van der Waals surface area contributed by atoms with Crippen molar-refractivity contribution in [3.8, 4) is 11.4 Å². The summed E-state index contributed by atoms with van der Waals surface area (Å²) in [5.41, 5.74) is 1.81. The average molecular weight is 390 g/mol. The Bertz CT molecular complexity index is 1310. The Kier molecular flexibility index (Phi) is 4.57. The summed E-state index contributed by atoms with van der Waals surface area (Å²) < 4.78 is 27.2. The van der Waals surface area contributed by atoms with Crippen LogP contribution in [0.15, 0.2) is 88.6 Å². The lowest BCUT2D eigenvalue weighted by atomic mass is 10.2. The summed E-state index contributed by atoms with van der Waals surface area (Å²) >= 11 is 0. The molecule has 0 aliphatic rings. The zero-order valence-corrected chi connectivity index (χ0v) is 16.1. The van der Waals surface area contributed by atoms with Crippen LogP contribution in [0.5, 0.6) is 0 Å². The third kappa shape index (κ3) is 3.34. The Balaban J connectivity index is 1.93. The highest BCUT2D eigenvalue weighted by Crippen LogP contribution is 2.21. The second kappa shape index (κ2) is 7.05. The average Bonchev–Trinajstić information content (AvgIpc) is 2.71. The minimum atomic E-state index is -3.73. The molecule has 0 radical (unpaired) electrons. The van der Waals surface area contributed by atoms with Crippen LogP contribution in [0.1, 0.15) is 5.56 Å². The van der Waals surface area contributed by atoms with Crippen LogP contribution in [0.4, 0.5) is 0 Å². The van der Waals surface area contributed by atoms with Crippen molar-refractivity contribution >= 4 is 20.7 Å². The predicted molar refractivity (Wildman–Crippen MR) is 110 cm³/mol. The number of hydrogen-bond acceptors (Lipinski definition) is 4. The van der Waals surface area contributed by atoms with Gasteiger partial charge in [-0.05, 0) is 31.2 Å². The van der Waals surface area contributed by atoms with Crippen molar-refractivity contribution in [3.05, 3.63) is 94.8 Å². The molecular formula is C22H18N2O3S. The number of benzene rings is 3. The molecule has 4 rings (SSSR count). The van der Waals surface area contributed by atoms with Crippen molar-refractivity contribution in [1.82, 2.24) is 9.55 Å². The summed E-state index contributed by atoms with van der Waals surface area (Å²) in [4.78, 5) is 17.9. The molecular weight excluding hydrogens is 372 g/mol. The zero-order valence-electron chi connectivity index (χ0n) is 15.2. The van der Waals surface area contributed by atoms with E-state index in [1.54, 1.807) is 48.5 Å². The van der Waals surface area contributed by atoms with Gasteiger partial charge in [-0.25, -0.2) is 13.4 Å². The van der Waals surface area contributed by atoms with Gasteiger partial charge in [-0.2, -0.15) is 0 Å². The molecule has 1 aromatic heterocycles. The Morgan fingerprint density at radius 1 is 0.857 bits per heavy atom. The van der Waals surface area contributed by atoms with E-state index in [9.17, 15) is 13.2 Å². The van der Waals surface area contributed by atoms with E-state index >= 15 is 0 Å². The van der Waals surface area contributed by atoms with Crippen LogP contribution in [0, 0.1) is 6.92 Å². The third-order valence-electron chi connectivity index (χ3n) is 4.57. The SMILES string of the molecule is Cc1ccc(S(=O)(=O)Cn2c(-c3ccccc3)nc3ccccc3c2=O)cc1. The van der Waals surface area contributed by atoms with Crippen molar-refractivity contribution in [2.75, 3.05) is 0 Å². The molecule has 0 amide bonds. The fourth-order valence-electron chi connectivity index (χ4n) is 3.09. The van der Waals surface area contributed by atoms with Crippen LogP contribution < -0.4 is 5.56 Å². The van der Waals surface area contributed by atoms with E-state index in [1.165, 1.54) is 4.57 Å². The smallest absolute Gasteiger partial charge is 0.262 e. The van der Waals surface area contributed by atoms with E-state index in [0.29, 0.717) is 22.3 Å². The van der Waals surface area contributed by atoms with Gasteiger partial charge in [0, 0.05) is 5.56 Å². The lowest BCUT2D eigenvalue weighted by Gasteiger charge is -2.14. The van der Waals surface area contributed by atoms with Crippen LogP contribution in [-0.2, 0) is 15.7 Å². The highest BCUT2D eigenvalue weighted by atomic mass is 32.2. The number of aryl methyl sites for hydroxylation is 1. The third-order valence-corrected chi connectivity index (χ3v) is 6.16. The molecule has 6 heteroatoms. The first-order chi connectivity index (χ1) is 13.5. The summed E-state index contributed by atoms with van der Waals surface area (Å²) in [6, 6.07) is 22.7. The maximum Gasteiger partial charge on any atom is 0.262 e. The first-order valence-electron chi connectivity index (χ1n) is 8.80. The predicted octanol–water partition coefficient (Wildman–Crippen LogP) is 3.80. The van der Waals surface area contributed by atoms with Gasteiger partial charge in [0.1, 0.15) is 11.7 Å². The molecule has 5 nitrogen and oxygen atoms in total. The number of fused-ring (bicyclic) bond motifs is 1. The minimum Gasteiger partial charge on any atom is -0.277 e. The van der Waals surface area contributed by atoms with Gasteiger partial charge in [0.05, 0.1) is 15.8 Å². The molecule has 0 aliphatic heterocycles. The van der Waals surface area contributed by atoms with Gasteiger partial charge in [-0.3, -0.25) is 9.36 Å². The molecule has 0 unspecified atom stereocenters. The van der Waals surface area contributed by atoms with E-state index in [1.807, 2.05) is 37.3 Å². The van der Waals surface area contributed by atoms with E-state index in [-0.39, 0.29) is 10.5 Å². The van der Waals surface area contributed by atoms with Gasteiger partial charge in [-0.1, -0.05) is 60.2 Å². The summed E-state index contributed by atoms with van der Waals surface area (Å²) in [5, 5.41) is 0.390. The van der Waals surface area contributed by atoms with Gasteiger partial charge in [0.15, 0.2) is 9.84 Å². The molecule has 0 saturated heterocycles. The Labute approximate surface area is 162 Å². The van der Waals surface area contributed by atoms with E-state index in [0.717, 1.165) is 5.56 Å². The molecule has 0 spiro atoms. The maximum absolute atomic E-state index is 13.1. The number of sulfone groups is 1. The van der Waals surface area contributed by atoms with Crippen LogP contribution in [0.2, 0.25) is 0 Å². The highest BCUT2D eigenvalue weighted by molar-refractivity contribution is 7.90. The van der Waals surface area contributed by atoms with E-state index in [2.05, 4.69) is 4.98 Å². The fourth-order valence-corrected chi connectivity index (χ4v) is 4.36. The lowest BCUT2D eigenvalue weighted by molar-refractivity contribution is 0.582. The molecule has 4 aromatic rings.